The molecule has 1 aromatic heterocycles. The van der Waals surface area contributed by atoms with Crippen LogP contribution in [-0.4, -0.2) is 56.8 Å². The summed E-state index contributed by atoms with van der Waals surface area (Å²) in [4.78, 5) is 6.81. The summed E-state index contributed by atoms with van der Waals surface area (Å²) in [5.41, 5.74) is 1.49. The van der Waals surface area contributed by atoms with Crippen LogP contribution in [0, 0.1) is 5.92 Å². The third kappa shape index (κ3) is 2.40. The number of rotatable bonds is 3. The maximum absolute atomic E-state index is 10.5. The van der Waals surface area contributed by atoms with Crippen LogP contribution in [0.25, 0.3) is 11.0 Å². The minimum atomic E-state index is -0.964. The van der Waals surface area contributed by atoms with E-state index < -0.39 is 12.2 Å². The smallest absolute Gasteiger partial charge is 0.206 e. The number of imidazole rings is 1. The lowest BCUT2D eigenvalue weighted by Gasteiger charge is -2.34. The first-order valence-electron chi connectivity index (χ1n) is 8.10. The van der Waals surface area contributed by atoms with Gasteiger partial charge in [-0.2, -0.15) is 0 Å². The van der Waals surface area contributed by atoms with Crippen LogP contribution in [0.4, 0.5) is 5.95 Å². The first-order chi connectivity index (χ1) is 11.5. The molecule has 1 aliphatic heterocycles. The standard InChI is InChI=1S/C16H19Cl2N3O3/c17-9-5-11-12(6-10(9)18)21(16(19-11)20-2-1-3-20)13-4-8(7-22)14(23)15(13)24/h5-6,8,13-15,22-24H,1-4,7H2/t8?,13-,14?,15?/m0/s1. The molecule has 1 aromatic carbocycles. The highest BCUT2D eigenvalue weighted by molar-refractivity contribution is 6.42. The minimum absolute atomic E-state index is 0.160. The first-order valence-corrected chi connectivity index (χ1v) is 8.85. The van der Waals surface area contributed by atoms with E-state index in [0.29, 0.717) is 22.0 Å². The van der Waals surface area contributed by atoms with Gasteiger partial charge in [0, 0.05) is 25.6 Å². The van der Waals surface area contributed by atoms with Gasteiger partial charge in [-0.05, 0) is 25.0 Å². The molecule has 2 aliphatic rings. The molecule has 0 spiro atoms. The average molecular weight is 372 g/mol. The summed E-state index contributed by atoms with van der Waals surface area (Å²) < 4.78 is 1.94. The molecule has 4 rings (SSSR count). The zero-order chi connectivity index (χ0) is 17.0. The van der Waals surface area contributed by atoms with Crippen molar-refractivity contribution in [3.8, 4) is 0 Å². The van der Waals surface area contributed by atoms with Crippen molar-refractivity contribution in [2.75, 3.05) is 24.6 Å². The fourth-order valence-corrected chi connectivity index (χ4v) is 4.00. The molecular formula is C16H19Cl2N3O3. The van der Waals surface area contributed by atoms with E-state index in [4.69, 9.17) is 23.2 Å². The van der Waals surface area contributed by atoms with Gasteiger partial charge < -0.3 is 24.8 Å². The predicted octanol–water partition coefficient (Wildman–Crippen LogP) is 1.83. The van der Waals surface area contributed by atoms with E-state index in [0.717, 1.165) is 31.0 Å². The molecule has 2 aromatic rings. The van der Waals surface area contributed by atoms with Crippen molar-refractivity contribution >= 4 is 40.2 Å². The highest BCUT2D eigenvalue weighted by Crippen LogP contribution is 2.41. The molecule has 6 nitrogen and oxygen atoms in total. The van der Waals surface area contributed by atoms with E-state index in [2.05, 4.69) is 9.88 Å². The number of fused-ring (bicyclic) bond motifs is 1. The zero-order valence-electron chi connectivity index (χ0n) is 12.9. The molecule has 4 atom stereocenters. The van der Waals surface area contributed by atoms with Crippen LogP contribution in [0.2, 0.25) is 10.0 Å². The van der Waals surface area contributed by atoms with Gasteiger partial charge in [0.2, 0.25) is 5.95 Å². The van der Waals surface area contributed by atoms with E-state index in [1.54, 1.807) is 12.1 Å². The summed E-state index contributed by atoms with van der Waals surface area (Å²) in [7, 11) is 0. The summed E-state index contributed by atoms with van der Waals surface area (Å²) in [5, 5.41) is 31.0. The van der Waals surface area contributed by atoms with Gasteiger partial charge in [0.1, 0.15) is 6.10 Å². The van der Waals surface area contributed by atoms with Gasteiger partial charge in [-0.25, -0.2) is 4.98 Å². The Kier molecular flexibility index (Phi) is 4.13. The number of aromatic nitrogens is 2. The Hall–Kier alpha value is -1.05. The first kappa shape index (κ1) is 16.4. The molecule has 1 saturated carbocycles. The molecule has 130 valence electrons. The average Bonchev–Trinajstić information content (AvgIpc) is 2.97. The van der Waals surface area contributed by atoms with Gasteiger partial charge in [0.25, 0.3) is 0 Å². The molecular weight excluding hydrogens is 353 g/mol. The van der Waals surface area contributed by atoms with Gasteiger partial charge in [0.05, 0.1) is 33.2 Å². The Labute approximate surface area is 149 Å². The van der Waals surface area contributed by atoms with Crippen molar-refractivity contribution in [3.05, 3.63) is 22.2 Å². The molecule has 24 heavy (non-hydrogen) atoms. The summed E-state index contributed by atoms with van der Waals surface area (Å²) >= 11 is 12.3. The number of halogens is 2. The molecule has 0 radical (unpaired) electrons. The SMILES string of the molecule is OCC1C[C@H](n2c(N3CCC3)nc3cc(Cl)c(Cl)cc32)C(O)C1O. The lowest BCUT2D eigenvalue weighted by molar-refractivity contribution is -0.00354. The number of benzene rings is 1. The largest absolute Gasteiger partial charge is 0.396 e. The Bertz CT molecular complexity index is 778. The van der Waals surface area contributed by atoms with Crippen LogP contribution in [0.1, 0.15) is 18.9 Å². The molecule has 8 heteroatoms. The van der Waals surface area contributed by atoms with Gasteiger partial charge in [-0.15, -0.1) is 0 Å². The van der Waals surface area contributed by atoms with E-state index in [-0.39, 0.29) is 18.6 Å². The summed E-state index contributed by atoms with van der Waals surface area (Å²) in [6.07, 6.45) is -0.343. The van der Waals surface area contributed by atoms with Gasteiger partial charge >= 0.3 is 0 Å². The predicted molar refractivity (Wildman–Crippen MR) is 92.8 cm³/mol. The number of aliphatic hydroxyl groups is 3. The van der Waals surface area contributed by atoms with E-state index in [1.807, 2.05) is 4.57 Å². The topological polar surface area (TPSA) is 81.8 Å². The van der Waals surface area contributed by atoms with Crippen molar-refractivity contribution in [1.29, 1.82) is 0 Å². The molecule has 3 unspecified atom stereocenters. The Morgan fingerprint density at radius 2 is 1.83 bits per heavy atom. The van der Waals surface area contributed by atoms with Gasteiger partial charge in [-0.1, -0.05) is 23.2 Å². The molecule has 1 aliphatic carbocycles. The second-order valence-electron chi connectivity index (χ2n) is 6.60. The molecule has 0 amide bonds. The monoisotopic (exact) mass is 371 g/mol. The second-order valence-corrected chi connectivity index (χ2v) is 7.42. The van der Waals surface area contributed by atoms with Crippen LogP contribution in [0.15, 0.2) is 12.1 Å². The third-order valence-electron chi connectivity index (χ3n) is 5.19. The van der Waals surface area contributed by atoms with Crippen molar-refractivity contribution in [1.82, 2.24) is 9.55 Å². The van der Waals surface area contributed by atoms with Crippen molar-refractivity contribution < 1.29 is 15.3 Å². The highest BCUT2D eigenvalue weighted by Gasteiger charge is 2.44. The van der Waals surface area contributed by atoms with Crippen molar-refractivity contribution in [2.45, 2.75) is 31.1 Å². The molecule has 2 heterocycles. The summed E-state index contributed by atoms with van der Waals surface area (Å²) in [5.74, 6) is 0.402. The molecule has 0 bridgehead atoms. The van der Waals surface area contributed by atoms with E-state index >= 15 is 0 Å². The van der Waals surface area contributed by atoms with Gasteiger partial charge in [0.15, 0.2) is 0 Å². The number of nitrogens with zero attached hydrogens (tertiary/aromatic N) is 3. The Morgan fingerprint density at radius 1 is 1.12 bits per heavy atom. The normalized spacial score (nSPS) is 30.1. The fraction of sp³-hybridized carbons (Fsp3) is 0.562. The quantitative estimate of drug-likeness (QED) is 0.766. The van der Waals surface area contributed by atoms with Crippen LogP contribution < -0.4 is 4.90 Å². The van der Waals surface area contributed by atoms with Crippen molar-refractivity contribution in [2.24, 2.45) is 5.92 Å². The second kappa shape index (κ2) is 6.04. The van der Waals surface area contributed by atoms with Crippen molar-refractivity contribution in [3.63, 3.8) is 0 Å². The molecule has 3 N–H and O–H groups in total. The lowest BCUT2D eigenvalue weighted by Crippen LogP contribution is -2.40. The third-order valence-corrected chi connectivity index (χ3v) is 5.91. The summed E-state index contributed by atoms with van der Waals surface area (Å²) in [6, 6.07) is 3.11. The summed E-state index contributed by atoms with van der Waals surface area (Å²) in [6.45, 7) is 1.64. The maximum atomic E-state index is 10.5. The van der Waals surface area contributed by atoms with Crippen LogP contribution in [0.3, 0.4) is 0 Å². The highest BCUT2D eigenvalue weighted by atomic mass is 35.5. The minimum Gasteiger partial charge on any atom is -0.396 e. The lowest BCUT2D eigenvalue weighted by atomic mass is 10.1. The number of anilines is 1. The van der Waals surface area contributed by atoms with Crippen LogP contribution >= 0.6 is 23.2 Å². The Balaban J connectivity index is 1.87. The number of aliphatic hydroxyl groups excluding tert-OH is 3. The number of hydrogen-bond donors (Lipinski definition) is 3. The Morgan fingerprint density at radius 3 is 2.42 bits per heavy atom. The fourth-order valence-electron chi connectivity index (χ4n) is 3.68. The zero-order valence-corrected chi connectivity index (χ0v) is 14.5. The van der Waals surface area contributed by atoms with E-state index in [9.17, 15) is 15.3 Å². The van der Waals surface area contributed by atoms with Crippen LogP contribution in [-0.2, 0) is 0 Å². The number of hydrogen-bond acceptors (Lipinski definition) is 5. The maximum Gasteiger partial charge on any atom is 0.206 e. The van der Waals surface area contributed by atoms with Crippen LogP contribution in [0.5, 0.6) is 0 Å². The molecule has 2 fully saturated rings. The van der Waals surface area contributed by atoms with Gasteiger partial charge in [-0.3, -0.25) is 0 Å². The molecule has 1 saturated heterocycles. The van der Waals surface area contributed by atoms with E-state index in [1.165, 1.54) is 0 Å².